The molecule has 1 amide bonds. The van der Waals surface area contributed by atoms with Crippen molar-refractivity contribution in [1.29, 1.82) is 0 Å². The Hall–Kier alpha value is -1.30. The van der Waals surface area contributed by atoms with Crippen molar-refractivity contribution in [3.63, 3.8) is 0 Å². The number of guanidine groups is 1. The maximum atomic E-state index is 11.8. The molecule has 1 atom stereocenters. The van der Waals surface area contributed by atoms with Crippen LogP contribution in [0, 0.1) is 5.41 Å². The second-order valence-electron chi connectivity index (χ2n) is 7.32. The van der Waals surface area contributed by atoms with Gasteiger partial charge in [0.05, 0.1) is 12.0 Å². The Labute approximate surface area is 147 Å². The lowest BCUT2D eigenvalue weighted by Gasteiger charge is -2.33. The van der Waals surface area contributed by atoms with E-state index < -0.39 is 5.41 Å². The number of likely N-dealkylation sites (tertiary alicyclic amines) is 1. The molecule has 6 nitrogen and oxygen atoms in total. The van der Waals surface area contributed by atoms with Crippen LogP contribution in [-0.4, -0.2) is 62.6 Å². The molecule has 1 rings (SSSR count). The first-order chi connectivity index (χ1) is 11.4. The number of nitrogens with zero attached hydrogens (tertiary/aromatic N) is 2. The molecule has 1 aliphatic heterocycles. The van der Waals surface area contributed by atoms with Crippen LogP contribution in [0.15, 0.2) is 4.99 Å². The third-order valence-electron chi connectivity index (χ3n) is 4.67. The summed E-state index contributed by atoms with van der Waals surface area (Å²) in [5, 5.41) is 9.34. The summed E-state index contributed by atoms with van der Waals surface area (Å²) >= 11 is 0. The number of carbonyl (C=O) groups is 1. The van der Waals surface area contributed by atoms with Gasteiger partial charge >= 0.3 is 0 Å². The molecule has 0 saturated carbocycles. The van der Waals surface area contributed by atoms with Crippen molar-refractivity contribution in [3.05, 3.63) is 0 Å². The van der Waals surface area contributed by atoms with E-state index in [1.165, 1.54) is 25.8 Å². The zero-order valence-electron chi connectivity index (χ0n) is 16.2. The van der Waals surface area contributed by atoms with E-state index in [0.29, 0.717) is 12.6 Å². The van der Waals surface area contributed by atoms with Crippen molar-refractivity contribution in [2.24, 2.45) is 10.4 Å². The molecule has 1 unspecified atom stereocenters. The third-order valence-corrected chi connectivity index (χ3v) is 4.67. The zero-order valence-corrected chi connectivity index (χ0v) is 16.2. The molecule has 1 saturated heterocycles. The number of amides is 1. The standard InChI is InChI=1S/C18H37N5O/c1-6-20-17(22-14-18(3,4)16(24)19-5)21-11-9-13-23-12-8-7-10-15(23)2/h15H,6-14H2,1-5H3,(H,19,24)(H2,20,21,22). The van der Waals surface area contributed by atoms with E-state index in [2.05, 4.69) is 39.7 Å². The van der Waals surface area contributed by atoms with E-state index in [4.69, 9.17) is 0 Å². The minimum atomic E-state index is -0.500. The van der Waals surface area contributed by atoms with E-state index >= 15 is 0 Å². The maximum absolute atomic E-state index is 11.8. The van der Waals surface area contributed by atoms with Gasteiger partial charge in [-0.3, -0.25) is 9.79 Å². The summed E-state index contributed by atoms with van der Waals surface area (Å²) in [6, 6.07) is 0.717. The van der Waals surface area contributed by atoms with E-state index in [9.17, 15) is 4.79 Å². The van der Waals surface area contributed by atoms with E-state index in [1.807, 2.05) is 13.8 Å². The van der Waals surface area contributed by atoms with E-state index in [1.54, 1.807) is 7.05 Å². The minimum absolute atomic E-state index is 0.0150. The lowest BCUT2D eigenvalue weighted by Crippen LogP contribution is -2.42. The fourth-order valence-corrected chi connectivity index (χ4v) is 3.01. The lowest BCUT2D eigenvalue weighted by atomic mass is 9.93. The Morgan fingerprint density at radius 2 is 2.04 bits per heavy atom. The van der Waals surface area contributed by atoms with Gasteiger partial charge in [0.2, 0.25) is 5.91 Å². The summed E-state index contributed by atoms with van der Waals surface area (Å²) in [7, 11) is 1.67. The van der Waals surface area contributed by atoms with Crippen molar-refractivity contribution in [2.45, 2.75) is 59.4 Å². The molecule has 0 bridgehead atoms. The van der Waals surface area contributed by atoms with Gasteiger partial charge in [-0.2, -0.15) is 0 Å². The van der Waals surface area contributed by atoms with Crippen molar-refractivity contribution >= 4 is 11.9 Å². The van der Waals surface area contributed by atoms with Crippen LogP contribution in [0.2, 0.25) is 0 Å². The topological polar surface area (TPSA) is 68.8 Å². The molecule has 0 spiro atoms. The predicted octanol–water partition coefficient (Wildman–Crippen LogP) is 1.58. The van der Waals surface area contributed by atoms with Crippen LogP contribution in [0.25, 0.3) is 0 Å². The first-order valence-corrected chi connectivity index (χ1v) is 9.39. The SMILES string of the molecule is CCNC(=NCC(C)(C)C(=O)NC)NCCCN1CCCCC1C. The second-order valence-corrected chi connectivity index (χ2v) is 7.32. The summed E-state index contributed by atoms with van der Waals surface area (Å²) in [6.45, 7) is 12.8. The van der Waals surface area contributed by atoms with Gasteiger partial charge in [0, 0.05) is 32.7 Å². The second kappa shape index (κ2) is 10.5. The average Bonchev–Trinajstić information content (AvgIpc) is 2.57. The van der Waals surface area contributed by atoms with Crippen molar-refractivity contribution in [2.75, 3.05) is 39.8 Å². The smallest absolute Gasteiger partial charge is 0.227 e. The summed E-state index contributed by atoms with van der Waals surface area (Å²) in [5.74, 6) is 0.808. The van der Waals surface area contributed by atoms with Gasteiger partial charge in [-0.25, -0.2) is 0 Å². The van der Waals surface area contributed by atoms with Crippen LogP contribution in [-0.2, 0) is 4.79 Å². The molecule has 1 heterocycles. The zero-order chi connectivity index (χ0) is 18.0. The maximum Gasteiger partial charge on any atom is 0.227 e. The molecular weight excluding hydrogens is 302 g/mol. The van der Waals surface area contributed by atoms with Gasteiger partial charge in [-0.15, -0.1) is 0 Å². The molecule has 0 aromatic carbocycles. The molecule has 0 aromatic heterocycles. The number of hydrogen-bond donors (Lipinski definition) is 3. The first-order valence-electron chi connectivity index (χ1n) is 9.39. The van der Waals surface area contributed by atoms with Crippen LogP contribution in [0.5, 0.6) is 0 Å². The molecule has 1 fully saturated rings. The number of hydrogen-bond acceptors (Lipinski definition) is 3. The fourth-order valence-electron chi connectivity index (χ4n) is 3.01. The highest BCUT2D eigenvalue weighted by Crippen LogP contribution is 2.16. The largest absolute Gasteiger partial charge is 0.359 e. The van der Waals surface area contributed by atoms with Gasteiger partial charge in [0.15, 0.2) is 5.96 Å². The van der Waals surface area contributed by atoms with Crippen molar-refractivity contribution < 1.29 is 4.79 Å². The summed E-state index contributed by atoms with van der Waals surface area (Å²) in [5.41, 5.74) is -0.500. The molecule has 140 valence electrons. The molecule has 0 aromatic rings. The van der Waals surface area contributed by atoms with Gasteiger partial charge in [-0.1, -0.05) is 6.42 Å². The summed E-state index contributed by atoms with van der Waals surface area (Å²) < 4.78 is 0. The summed E-state index contributed by atoms with van der Waals surface area (Å²) in [4.78, 5) is 19.0. The Kier molecular flexibility index (Phi) is 9.11. The van der Waals surface area contributed by atoms with Crippen LogP contribution in [0.3, 0.4) is 0 Å². The van der Waals surface area contributed by atoms with E-state index in [0.717, 1.165) is 32.0 Å². The molecular formula is C18H37N5O. The van der Waals surface area contributed by atoms with Gasteiger partial charge in [0.25, 0.3) is 0 Å². The highest BCUT2D eigenvalue weighted by Gasteiger charge is 2.26. The monoisotopic (exact) mass is 339 g/mol. The first kappa shape index (κ1) is 20.7. The molecule has 3 N–H and O–H groups in total. The quantitative estimate of drug-likeness (QED) is 0.357. The summed E-state index contributed by atoms with van der Waals surface area (Å²) in [6.07, 6.45) is 5.13. The third kappa shape index (κ3) is 7.07. The van der Waals surface area contributed by atoms with Crippen LogP contribution in [0.1, 0.15) is 53.4 Å². The van der Waals surface area contributed by atoms with Crippen LogP contribution in [0.4, 0.5) is 0 Å². The number of piperidine rings is 1. The predicted molar refractivity (Wildman–Crippen MR) is 101 cm³/mol. The van der Waals surface area contributed by atoms with Crippen molar-refractivity contribution in [1.82, 2.24) is 20.9 Å². The Bertz CT molecular complexity index is 408. The molecule has 24 heavy (non-hydrogen) atoms. The van der Waals surface area contributed by atoms with Crippen LogP contribution < -0.4 is 16.0 Å². The van der Waals surface area contributed by atoms with Crippen LogP contribution >= 0.6 is 0 Å². The highest BCUT2D eigenvalue weighted by atomic mass is 16.2. The number of rotatable bonds is 8. The van der Waals surface area contributed by atoms with Gasteiger partial charge in [-0.05, 0) is 53.5 Å². The Balaban J connectivity index is 2.39. The molecule has 0 aliphatic carbocycles. The normalized spacial score (nSPS) is 19.9. The molecule has 6 heteroatoms. The van der Waals surface area contributed by atoms with Crippen molar-refractivity contribution in [3.8, 4) is 0 Å². The fraction of sp³-hybridized carbons (Fsp3) is 0.889. The number of aliphatic imine (C=N–C) groups is 1. The van der Waals surface area contributed by atoms with E-state index in [-0.39, 0.29) is 5.91 Å². The highest BCUT2D eigenvalue weighted by molar-refractivity contribution is 5.83. The average molecular weight is 340 g/mol. The number of carbonyl (C=O) groups excluding carboxylic acids is 1. The lowest BCUT2D eigenvalue weighted by molar-refractivity contribution is -0.128. The Morgan fingerprint density at radius 1 is 1.29 bits per heavy atom. The van der Waals surface area contributed by atoms with Gasteiger partial charge in [0.1, 0.15) is 0 Å². The number of nitrogens with one attached hydrogen (secondary N) is 3. The Morgan fingerprint density at radius 3 is 2.67 bits per heavy atom. The molecule has 0 radical (unpaired) electrons. The molecule has 1 aliphatic rings. The minimum Gasteiger partial charge on any atom is -0.359 e. The van der Waals surface area contributed by atoms with Gasteiger partial charge < -0.3 is 20.9 Å².